The van der Waals surface area contributed by atoms with Crippen LogP contribution in [0.1, 0.15) is 26.4 Å². The molecule has 0 spiro atoms. The number of ether oxygens (including phenoxy) is 2. The van der Waals surface area contributed by atoms with Crippen molar-refractivity contribution in [3.8, 4) is 22.6 Å². The molecule has 0 aliphatic heterocycles. The van der Waals surface area contributed by atoms with Gasteiger partial charge in [-0.25, -0.2) is 10.2 Å². The Balaban J connectivity index is 1.36. The van der Waals surface area contributed by atoms with Gasteiger partial charge < -0.3 is 14.5 Å². The zero-order valence-electron chi connectivity index (χ0n) is 20.9. The van der Waals surface area contributed by atoms with E-state index in [1.165, 1.54) is 13.3 Å². The van der Waals surface area contributed by atoms with Gasteiger partial charge in [-0.3, -0.25) is 4.79 Å². The Labute approximate surface area is 244 Å². The molecule has 0 saturated carbocycles. The lowest BCUT2D eigenvalue weighted by Crippen LogP contribution is -2.18. The second kappa shape index (κ2) is 11.8. The van der Waals surface area contributed by atoms with Crippen molar-refractivity contribution >= 4 is 63.8 Å². The van der Waals surface area contributed by atoms with Crippen LogP contribution in [0.4, 0.5) is 0 Å². The van der Waals surface area contributed by atoms with Crippen molar-refractivity contribution in [2.45, 2.75) is 0 Å². The molecule has 1 amide bonds. The number of hydrazone groups is 1. The number of fused-ring (bicyclic) bond motifs is 1. The molecule has 0 aliphatic rings. The maximum absolute atomic E-state index is 13.2. The molecule has 1 heterocycles. The van der Waals surface area contributed by atoms with Crippen molar-refractivity contribution in [1.29, 1.82) is 0 Å². The van der Waals surface area contributed by atoms with Gasteiger partial charge in [0.1, 0.15) is 5.69 Å². The highest BCUT2D eigenvalue weighted by Gasteiger charge is 2.21. The number of methoxy groups -OCH3 is 1. The number of aromatic nitrogens is 1. The number of carbonyl (C=O) groups excluding carboxylic acids is 2. The summed E-state index contributed by atoms with van der Waals surface area (Å²) in [5, 5.41) is 6.18. The molecular formula is C30H20Cl3N3O4. The molecule has 2 N–H and O–H groups in total. The third-order valence-electron chi connectivity index (χ3n) is 5.96. The van der Waals surface area contributed by atoms with Crippen molar-refractivity contribution < 1.29 is 19.1 Å². The zero-order valence-corrected chi connectivity index (χ0v) is 23.1. The molecule has 5 rings (SSSR count). The van der Waals surface area contributed by atoms with Gasteiger partial charge in [-0.2, -0.15) is 5.10 Å². The minimum atomic E-state index is -0.558. The summed E-state index contributed by atoms with van der Waals surface area (Å²) in [4.78, 5) is 28.8. The maximum Gasteiger partial charge on any atom is 0.343 e. The number of esters is 1. The normalized spacial score (nSPS) is 11.1. The van der Waals surface area contributed by atoms with Crippen LogP contribution in [-0.2, 0) is 0 Å². The van der Waals surface area contributed by atoms with Gasteiger partial charge in [0.15, 0.2) is 11.5 Å². The van der Waals surface area contributed by atoms with Crippen LogP contribution < -0.4 is 14.9 Å². The minimum Gasteiger partial charge on any atom is -0.493 e. The first-order chi connectivity index (χ1) is 19.3. The third kappa shape index (κ3) is 5.82. The fourth-order valence-electron chi connectivity index (χ4n) is 4.11. The lowest BCUT2D eigenvalue weighted by atomic mass is 10.0. The lowest BCUT2D eigenvalue weighted by Gasteiger charge is -2.10. The first kappa shape index (κ1) is 27.3. The molecule has 0 saturated heterocycles. The molecule has 1 aromatic heterocycles. The van der Waals surface area contributed by atoms with Crippen LogP contribution >= 0.6 is 34.8 Å². The minimum absolute atomic E-state index is 0.227. The zero-order chi connectivity index (χ0) is 28.2. The van der Waals surface area contributed by atoms with Gasteiger partial charge in [-0.05, 0) is 65.7 Å². The van der Waals surface area contributed by atoms with Gasteiger partial charge in [-0.15, -0.1) is 0 Å². The van der Waals surface area contributed by atoms with E-state index in [0.29, 0.717) is 48.4 Å². The summed E-state index contributed by atoms with van der Waals surface area (Å²) >= 11 is 18.6. The third-order valence-corrected chi connectivity index (χ3v) is 6.73. The topological polar surface area (TPSA) is 92.8 Å². The average Bonchev–Trinajstić information content (AvgIpc) is 3.34. The number of benzene rings is 4. The van der Waals surface area contributed by atoms with E-state index in [0.717, 1.165) is 5.56 Å². The Morgan fingerprint density at radius 1 is 0.875 bits per heavy atom. The Bertz CT molecular complexity index is 1750. The van der Waals surface area contributed by atoms with Gasteiger partial charge in [0, 0.05) is 21.0 Å². The molecule has 0 fully saturated rings. The summed E-state index contributed by atoms with van der Waals surface area (Å²) in [5.41, 5.74) is 5.83. The first-order valence-electron chi connectivity index (χ1n) is 11.9. The number of nitrogens with zero attached hydrogens (tertiary/aromatic N) is 1. The van der Waals surface area contributed by atoms with Crippen molar-refractivity contribution in [2.75, 3.05) is 7.11 Å². The molecule has 0 radical (unpaired) electrons. The fourth-order valence-corrected chi connectivity index (χ4v) is 4.78. The van der Waals surface area contributed by atoms with Crippen LogP contribution in [0.2, 0.25) is 15.1 Å². The van der Waals surface area contributed by atoms with Gasteiger partial charge in [0.2, 0.25) is 0 Å². The van der Waals surface area contributed by atoms with E-state index in [9.17, 15) is 9.59 Å². The molecule has 5 aromatic rings. The highest BCUT2D eigenvalue weighted by molar-refractivity contribution is 6.39. The summed E-state index contributed by atoms with van der Waals surface area (Å²) in [6.07, 6.45) is 1.44. The summed E-state index contributed by atoms with van der Waals surface area (Å²) in [6.45, 7) is 0. The Kier molecular flexibility index (Phi) is 8.07. The highest BCUT2D eigenvalue weighted by atomic mass is 35.5. The number of aromatic amines is 1. The number of hydrogen-bond donors (Lipinski definition) is 2. The van der Waals surface area contributed by atoms with E-state index >= 15 is 0 Å². The number of H-pyrrole nitrogens is 1. The number of carbonyl (C=O) groups is 2. The Morgan fingerprint density at radius 2 is 1.62 bits per heavy atom. The molecule has 4 aromatic carbocycles. The number of hydrogen-bond acceptors (Lipinski definition) is 5. The first-order valence-corrected chi connectivity index (χ1v) is 13.0. The van der Waals surface area contributed by atoms with Crippen LogP contribution in [0.3, 0.4) is 0 Å². The number of nitrogens with one attached hydrogen (secondary N) is 2. The van der Waals surface area contributed by atoms with E-state index in [1.807, 2.05) is 30.3 Å². The molecule has 40 heavy (non-hydrogen) atoms. The summed E-state index contributed by atoms with van der Waals surface area (Å²) in [6, 6.07) is 24.0. The Hall–Kier alpha value is -4.30. The predicted molar refractivity (Wildman–Crippen MR) is 158 cm³/mol. The van der Waals surface area contributed by atoms with Crippen molar-refractivity contribution in [1.82, 2.24) is 10.4 Å². The second-order valence-corrected chi connectivity index (χ2v) is 9.84. The summed E-state index contributed by atoms with van der Waals surface area (Å²) < 4.78 is 10.9. The second-order valence-electron chi connectivity index (χ2n) is 8.56. The van der Waals surface area contributed by atoms with Gasteiger partial charge in [0.25, 0.3) is 5.91 Å². The fraction of sp³-hybridized carbons (Fsp3) is 0.0333. The predicted octanol–water partition coefficient (Wildman–Crippen LogP) is 7.79. The molecule has 0 aliphatic carbocycles. The smallest absolute Gasteiger partial charge is 0.343 e. The number of halogens is 3. The SMILES string of the molecule is COc1cc(C=NNC(=O)c2[nH]c3c(Cl)cc(Cl)cc3c2-c2ccccc2)ccc1OC(=O)c1ccc(Cl)cc1. The van der Waals surface area contributed by atoms with Crippen LogP contribution in [-0.4, -0.2) is 30.2 Å². The van der Waals surface area contributed by atoms with Crippen molar-refractivity contribution in [3.05, 3.63) is 117 Å². The quantitative estimate of drug-likeness (QED) is 0.0873. The molecule has 10 heteroatoms. The molecule has 7 nitrogen and oxygen atoms in total. The van der Waals surface area contributed by atoms with Gasteiger partial charge in [-0.1, -0.05) is 65.1 Å². The summed E-state index contributed by atoms with van der Waals surface area (Å²) in [5.74, 6) is -0.493. The summed E-state index contributed by atoms with van der Waals surface area (Å²) in [7, 11) is 1.45. The monoisotopic (exact) mass is 591 g/mol. The number of rotatable bonds is 7. The molecular weight excluding hydrogens is 573 g/mol. The van der Waals surface area contributed by atoms with Crippen LogP contribution in [0.25, 0.3) is 22.0 Å². The van der Waals surface area contributed by atoms with Crippen LogP contribution in [0.15, 0.2) is 90.0 Å². The van der Waals surface area contributed by atoms with Gasteiger partial charge in [0.05, 0.1) is 29.4 Å². The Morgan fingerprint density at radius 3 is 2.35 bits per heavy atom. The van der Waals surface area contributed by atoms with Crippen molar-refractivity contribution in [2.24, 2.45) is 5.10 Å². The van der Waals surface area contributed by atoms with E-state index in [1.54, 1.807) is 54.6 Å². The average molecular weight is 593 g/mol. The van der Waals surface area contributed by atoms with Crippen LogP contribution in [0.5, 0.6) is 11.5 Å². The molecule has 200 valence electrons. The van der Waals surface area contributed by atoms with Crippen molar-refractivity contribution in [3.63, 3.8) is 0 Å². The lowest BCUT2D eigenvalue weighted by molar-refractivity contribution is 0.0729. The largest absolute Gasteiger partial charge is 0.493 e. The van der Waals surface area contributed by atoms with E-state index in [2.05, 4.69) is 15.5 Å². The van der Waals surface area contributed by atoms with E-state index in [-0.39, 0.29) is 11.4 Å². The van der Waals surface area contributed by atoms with Gasteiger partial charge >= 0.3 is 5.97 Å². The van der Waals surface area contributed by atoms with Crippen LogP contribution in [0, 0.1) is 0 Å². The van der Waals surface area contributed by atoms with E-state index < -0.39 is 11.9 Å². The number of amides is 1. The molecule has 0 atom stereocenters. The maximum atomic E-state index is 13.2. The molecule has 0 unspecified atom stereocenters. The highest BCUT2D eigenvalue weighted by Crippen LogP contribution is 2.37. The molecule has 0 bridgehead atoms. The van der Waals surface area contributed by atoms with E-state index in [4.69, 9.17) is 44.3 Å². The standard InChI is InChI=1S/C30H20Cl3N3O4/c1-39-25-13-17(7-12-24(25)40-30(38)19-8-10-20(31)11-9-19)16-34-36-29(37)28-26(18-5-3-2-4-6-18)22-14-21(32)15-23(33)27(22)35-28/h2-16,35H,1H3,(H,36,37).